The Balaban J connectivity index is 1.85. The molecule has 6 heteroatoms. The van der Waals surface area contributed by atoms with Gasteiger partial charge in [-0.2, -0.15) is 0 Å². The fourth-order valence-electron chi connectivity index (χ4n) is 3.23. The van der Waals surface area contributed by atoms with Crippen LogP contribution in [0.15, 0.2) is 66.7 Å². The number of fused-ring (bicyclic) bond motifs is 1. The fourth-order valence-corrected chi connectivity index (χ4v) is 3.70. The number of pyridine rings is 1. The van der Waals surface area contributed by atoms with E-state index in [1.807, 2.05) is 30.3 Å². The first-order valence-corrected chi connectivity index (χ1v) is 10.5. The van der Waals surface area contributed by atoms with Crippen molar-refractivity contribution in [1.82, 2.24) is 4.98 Å². The van der Waals surface area contributed by atoms with E-state index in [1.54, 1.807) is 36.4 Å². The molecule has 0 saturated carbocycles. The van der Waals surface area contributed by atoms with E-state index in [0.717, 1.165) is 28.5 Å². The molecule has 1 N–H and O–H groups in total. The van der Waals surface area contributed by atoms with Gasteiger partial charge >= 0.3 is 0 Å². The number of carbonyl (C=O) groups is 1. The molecule has 4 rings (SSSR count). The number of amides is 1. The van der Waals surface area contributed by atoms with Gasteiger partial charge in [0.1, 0.15) is 0 Å². The van der Waals surface area contributed by atoms with Crippen molar-refractivity contribution in [3.8, 4) is 11.3 Å². The zero-order chi connectivity index (χ0) is 21.3. The van der Waals surface area contributed by atoms with E-state index < -0.39 is 0 Å². The number of nitrogens with one attached hydrogen (secondary N) is 1. The molecular formula is C24H17Cl3N2O. The van der Waals surface area contributed by atoms with Crippen LogP contribution in [0.5, 0.6) is 0 Å². The van der Waals surface area contributed by atoms with Crippen molar-refractivity contribution in [2.45, 2.75) is 13.3 Å². The number of benzene rings is 3. The number of rotatable bonds is 4. The molecule has 0 saturated heterocycles. The molecule has 150 valence electrons. The maximum Gasteiger partial charge on any atom is 0.256 e. The summed E-state index contributed by atoms with van der Waals surface area (Å²) < 4.78 is 0. The average Bonchev–Trinajstić information content (AvgIpc) is 2.75. The summed E-state index contributed by atoms with van der Waals surface area (Å²) in [5, 5.41) is 5.21. The third-order valence-electron chi connectivity index (χ3n) is 4.84. The lowest BCUT2D eigenvalue weighted by Crippen LogP contribution is -2.13. The van der Waals surface area contributed by atoms with Crippen LogP contribution in [0.3, 0.4) is 0 Å². The lowest BCUT2D eigenvalue weighted by atomic mass is 10.0. The van der Waals surface area contributed by atoms with E-state index in [9.17, 15) is 4.79 Å². The van der Waals surface area contributed by atoms with Crippen LogP contribution >= 0.6 is 34.8 Å². The van der Waals surface area contributed by atoms with Crippen molar-refractivity contribution < 1.29 is 4.79 Å². The topological polar surface area (TPSA) is 42.0 Å². The van der Waals surface area contributed by atoms with Gasteiger partial charge in [0.15, 0.2) is 0 Å². The number of aryl methyl sites for hydroxylation is 1. The average molecular weight is 456 g/mol. The predicted octanol–water partition coefficient (Wildman–Crippen LogP) is 7.68. The Morgan fingerprint density at radius 2 is 1.63 bits per heavy atom. The minimum atomic E-state index is -0.282. The summed E-state index contributed by atoms with van der Waals surface area (Å²) in [6, 6.07) is 20.1. The summed E-state index contributed by atoms with van der Waals surface area (Å²) in [5.74, 6) is -0.282. The molecule has 3 aromatic carbocycles. The summed E-state index contributed by atoms with van der Waals surface area (Å²) in [6.07, 6.45) is 0.857. The maximum absolute atomic E-state index is 13.3. The Morgan fingerprint density at radius 3 is 2.37 bits per heavy atom. The molecule has 0 radical (unpaired) electrons. The van der Waals surface area contributed by atoms with Crippen LogP contribution in [-0.4, -0.2) is 10.9 Å². The molecule has 4 aromatic rings. The number of halogens is 3. The number of aromatic nitrogens is 1. The van der Waals surface area contributed by atoms with Crippen molar-refractivity contribution in [2.75, 3.05) is 5.32 Å². The standard InChI is InChI=1S/C24H17Cl3N2O/c1-2-14-3-10-21-18(11-14)19(13-22(28-21)15-4-6-16(25)7-5-15)24(30)29-23-12-17(26)8-9-20(23)27/h3-13H,2H2,1H3,(H,29,30). The van der Waals surface area contributed by atoms with Crippen LogP contribution in [-0.2, 0) is 6.42 Å². The Bertz CT molecular complexity index is 1250. The van der Waals surface area contributed by atoms with Crippen molar-refractivity contribution in [3.63, 3.8) is 0 Å². The molecule has 0 aliphatic carbocycles. The quantitative estimate of drug-likeness (QED) is 0.343. The Morgan fingerprint density at radius 1 is 0.900 bits per heavy atom. The number of anilines is 1. The van der Waals surface area contributed by atoms with Gasteiger partial charge in [0.2, 0.25) is 0 Å². The molecule has 0 atom stereocenters. The van der Waals surface area contributed by atoms with Crippen LogP contribution in [0.1, 0.15) is 22.8 Å². The minimum absolute atomic E-state index is 0.282. The van der Waals surface area contributed by atoms with Crippen LogP contribution < -0.4 is 5.32 Å². The van der Waals surface area contributed by atoms with Gasteiger partial charge in [0.25, 0.3) is 5.91 Å². The lowest BCUT2D eigenvalue weighted by Gasteiger charge is -2.13. The highest BCUT2D eigenvalue weighted by atomic mass is 35.5. The third kappa shape index (κ3) is 4.29. The monoisotopic (exact) mass is 454 g/mol. The van der Waals surface area contributed by atoms with Crippen LogP contribution in [0, 0.1) is 0 Å². The van der Waals surface area contributed by atoms with E-state index in [4.69, 9.17) is 39.8 Å². The van der Waals surface area contributed by atoms with Crippen LogP contribution in [0.25, 0.3) is 22.2 Å². The summed E-state index contributed by atoms with van der Waals surface area (Å²) in [6.45, 7) is 2.07. The number of nitrogens with zero attached hydrogens (tertiary/aromatic N) is 1. The van der Waals surface area contributed by atoms with E-state index in [1.165, 1.54) is 0 Å². The van der Waals surface area contributed by atoms with Crippen molar-refractivity contribution in [2.24, 2.45) is 0 Å². The largest absolute Gasteiger partial charge is 0.321 e. The summed E-state index contributed by atoms with van der Waals surface area (Å²) >= 11 is 18.3. The van der Waals surface area contributed by atoms with Gasteiger partial charge in [-0.3, -0.25) is 4.79 Å². The molecule has 1 heterocycles. The summed E-state index contributed by atoms with van der Waals surface area (Å²) in [5.41, 5.74) is 4.39. The minimum Gasteiger partial charge on any atom is -0.321 e. The molecule has 3 nitrogen and oxygen atoms in total. The summed E-state index contributed by atoms with van der Waals surface area (Å²) in [4.78, 5) is 18.0. The Hall–Kier alpha value is -2.59. The smallest absolute Gasteiger partial charge is 0.256 e. The van der Waals surface area contributed by atoms with Crippen molar-refractivity contribution >= 4 is 57.3 Å². The molecule has 0 unspecified atom stereocenters. The molecule has 0 bridgehead atoms. The first-order chi connectivity index (χ1) is 14.4. The molecule has 30 heavy (non-hydrogen) atoms. The zero-order valence-corrected chi connectivity index (χ0v) is 18.3. The van der Waals surface area contributed by atoms with Crippen LogP contribution in [0.4, 0.5) is 5.69 Å². The van der Waals surface area contributed by atoms with E-state index in [2.05, 4.69) is 12.2 Å². The van der Waals surface area contributed by atoms with Crippen molar-refractivity contribution in [1.29, 1.82) is 0 Å². The molecule has 0 spiro atoms. The second kappa shape index (κ2) is 8.65. The normalized spacial score (nSPS) is 10.9. The molecule has 1 aromatic heterocycles. The highest BCUT2D eigenvalue weighted by Gasteiger charge is 2.16. The predicted molar refractivity (Wildman–Crippen MR) is 126 cm³/mol. The second-order valence-electron chi connectivity index (χ2n) is 6.85. The van der Waals surface area contributed by atoms with Gasteiger partial charge in [0.05, 0.1) is 27.5 Å². The highest BCUT2D eigenvalue weighted by Crippen LogP contribution is 2.30. The van der Waals surface area contributed by atoms with E-state index in [0.29, 0.717) is 32.0 Å². The SMILES string of the molecule is CCc1ccc2nc(-c3ccc(Cl)cc3)cc(C(=O)Nc3cc(Cl)ccc3Cl)c2c1. The fraction of sp³-hybridized carbons (Fsp3) is 0.0833. The van der Waals surface area contributed by atoms with E-state index >= 15 is 0 Å². The van der Waals surface area contributed by atoms with Gasteiger partial charge in [-0.15, -0.1) is 0 Å². The molecule has 0 fully saturated rings. The molecule has 0 aliphatic rings. The third-order valence-corrected chi connectivity index (χ3v) is 5.66. The Kier molecular flexibility index (Phi) is 5.96. The van der Waals surface area contributed by atoms with Gasteiger partial charge in [0, 0.05) is 21.0 Å². The van der Waals surface area contributed by atoms with Gasteiger partial charge < -0.3 is 5.32 Å². The molecular weight excluding hydrogens is 439 g/mol. The number of hydrogen-bond acceptors (Lipinski definition) is 2. The lowest BCUT2D eigenvalue weighted by molar-refractivity contribution is 0.102. The van der Waals surface area contributed by atoms with Gasteiger partial charge in [-0.25, -0.2) is 4.98 Å². The van der Waals surface area contributed by atoms with Gasteiger partial charge in [-0.05, 0) is 60.5 Å². The zero-order valence-electron chi connectivity index (χ0n) is 16.0. The van der Waals surface area contributed by atoms with Crippen molar-refractivity contribution in [3.05, 3.63) is 92.9 Å². The maximum atomic E-state index is 13.3. The molecule has 1 amide bonds. The Labute approximate surface area is 189 Å². The first kappa shape index (κ1) is 20.7. The van der Waals surface area contributed by atoms with Crippen LogP contribution in [0.2, 0.25) is 15.1 Å². The summed E-state index contributed by atoms with van der Waals surface area (Å²) in [7, 11) is 0. The van der Waals surface area contributed by atoms with E-state index in [-0.39, 0.29) is 5.91 Å². The van der Waals surface area contributed by atoms with Gasteiger partial charge in [-0.1, -0.05) is 59.9 Å². The number of hydrogen-bond donors (Lipinski definition) is 1. The first-order valence-electron chi connectivity index (χ1n) is 9.40. The second-order valence-corrected chi connectivity index (χ2v) is 8.13. The number of carbonyl (C=O) groups excluding carboxylic acids is 1. The molecule has 0 aliphatic heterocycles. The highest BCUT2D eigenvalue weighted by molar-refractivity contribution is 6.36.